The van der Waals surface area contributed by atoms with E-state index in [0.29, 0.717) is 25.6 Å². The van der Waals surface area contributed by atoms with Crippen molar-refractivity contribution in [1.82, 2.24) is 0 Å². The normalized spacial score (nSPS) is 12.7. The van der Waals surface area contributed by atoms with Gasteiger partial charge < -0.3 is 19.3 Å². The molecule has 0 aliphatic carbocycles. The molecule has 0 atom stereocenters. The predicted octanol–water partition coefficient (Wildman–Crippen LogP) is 2.64. The lowest BCUT2D eigenvalue weighted by Gasteiger charge is -2.15. The Balaban J connectivity index is 4.41. The second-order valence-electron chi connectivity index (χ2n) is 3.57. The van der Waals surface area contributed by atoms with Gasteiger partial charge >= 0.3 is 0 Å². The zero-order chi connectivity index (χ0) is 13.6. The highest BCUT2D eigenvalue weighted by molar-refractivity contribution is 5.20. The van der Waals surface area contributed by atoms with Crippen LogP contribution in [-0.4, -0.2) is 38.1 Å². The second kappa shape index (κ2) is 12.5. The third-order valence-corrected chi connectivity index (χ3v) is 2.06. The summed E-state index contributed by atoms with van der Waals surface area (Å²) in [6, 6.07) is 0. The predicted molar refractivity (Wildman–Crippen MR) is 72.2 cm³/mol. The van der Waals surface area contributed by atoms with Crippen LogP contribution in [-0.2, 0) is 14.2 Å². The van der Waals surface area contributed by atoms with Crippen molar-refractivity contribution in [3.63, 3.8) is 0 Å². The summed E-state index contributed by atoms with van der Waals surface area (Å²) in [6.45, 7) is 8.07. The van der Waals surface area contributed by atoms with Gasteiger partial charge in [0.05, 0.1) is 13.2 Å². The molecule has 106 valence electrons. The molecular formula is C14H26O4. The first-order valence-electron chi connectivity index (χ1n) is 6.64. The van der Waals surface area contributed by atoms with Gasteiger partial charge in [-0.1, -0.05) is 13.8 Å². The van der Waals surface area contributed by atoms with E-state index < -0.39 is 0 Å². The number of allylic oxidation sites excluding steroid dienone is 2. The Labute approximate surface area is 110 Å². The number of ether oxygens (including phenoxy) is 3. The van der Waals surface area contributed by atoms with Crippen molar-refractivity contribution >= 4 is 0 Å². The molecule has 0 bridgehead atoms. The lowest BCUT2D eigenvalue weighted by atomic mass is 10.3. The number of rotatable bonds is 11. The van der Waals surface area contributed by atoms with Gasteiger partial charge in [-0.3, -0.25) is 0 Å². The smallest absolute Gasteiger partial charge is 0.156 e. The molecular weight excluding hydrogens is 232 g/mol. The molecule has 0 aliphatic heterocycles. The zero-order valence-electron chi connectivity index (χ0n) is 11.8. The van der Waals surface area contributed by atoms with E-state index in [2.05, 4.69) is 0 Å². The summed E-state index contributed by atoms with van der Waals surface area (Å²) in [5.41, 5.74) is 0. The number of hydrogen-bond donors (Lipinski definition) is 1. The Morgan fingerprint density at radius 1 is 0.889 bits per heavy atom. The van der Waals surface area contributed by atoms with Crippen molar-refractivity contribution in [1.29, 1.82) is 0 Å². The Kier molecular flexibility index (Phi) is 11.8. The van der Waals surface area contributed by atoms with Crippen molar-refractivity contribution in [3.05, 3.63) is 23.7 Å². The molecule has 0 unspecified atom stereocenters. The molecule has 0 heterocycles. The molecule has 0 aromatic rings. The fraction of sp³-hybridized carbons (Fsp3) is 0.714. The van der Waals surface area contributed by atoms with Crippen LogP contribution in [0.3, 0.4) is 0 Å². The Hall–Kier alpha value is -1.00. The standard InChI is InChI=1S/C14H26O4/c1-4-7-13(17-10-9-15)14(8-5-2)18-12-11-16-6-3/h7-8,15H,4-6,9-12H2,1-3H3. The van der Waals surface area contributed by atoms with Crippen LogP contribution >= 0.6 is 0 Å². The number of hydrogen-bond acceptors (Lipinski definition) is 4. The maximum atomic E-state index is 8.81. The molecule has 0 fully saturated rings. The Morgan fingerprint density at radius 2 is 1.44 bits per heavy atom. The van der Waals surface area contributed by atoms with E-state index in [-0.39, 0.29) is 13.2 Å². The van der Waals surface area contributed by atoms with Crippen LogP contribution in [0, 0.1) is 0 Å². The fourth-order valence-electron chi connectivity index (χ4n) is 1.34. The summed E-state index contributed by atoms with van der Waals surface area (Å²) < 4.78 is 16.4. The summed E-state index contributed by atoms with van der Waals surface area (Å²) in [5.74, 6) is 1.43. The summed E-state index contributed by atoms with van der Waals surface area (Å²) in [4.78, 5) is 0. The topological polar surface area (TPSA) is 47.9 Å². The summed E-state index contributed by atoms with van der Waals surface area (Å²) in [5, 5.41) is 8.81. The number of aliphatic hydroxyl groups excluding tert-OH is 1. The SMILES string of the molecule is CCC=C(OCCO)C(=CCC)OCCOCC. The first-order valence-corrected chi connectivity index (χ1v) is 6.64. The number of aliphatic hydroxyl groups is 1. The van der Waals surface area contributed by atoms with Gasteiger partial charge in [-0.05, 0) is 31.9 Å². The van der Waals surface area contributed by atoms with Crippen LogP contribution in [0.1, 0.15) is 33.6 Å². The Morgan fingerprint density at radius 3 is 1.89 bits per heavy atom. The third kappa shape index (κ3) is 8.14. The minimum Gasteiger partial charge on any atom is -0.488 e. The fourth-order valence-corrected chi connectivity index (χ4v) is 1.34. The average Bonchev–Trinajstić information content (AvgIpc) is 2.38. The van der Waals surface area contributed by atoms with E-state index in [0.717, 1.165) is 18.6 Å². The summed E-state index contributed by atoms with van der Waals surface area (Å²) >= 11 is 0. The first kappa shape index (κ1) is 17.0. The molecule has 18 heavy (non-hydrogen) atoms. The minimum atomic E-state index is -0.000590. The van der Waals surface area contributed by atoms with Crippen LogP contribution in [0.15, 0.2) is 23.7 Å². The van der Waals surface area contributed by atoms with Crippen LogP contribution in [0.25, 0.3) is 0 Å². The van der Waals surface area contributed by atoms with Crippen molar-refractivity contribution in [3.8, 4) is 0 Å². The van der Waals surface area contributed by atoms with E-state index >= 15 is 0 Å². The van der Waals surface area contributed by atoms with Gasteiger partial charge in [-0.25, -0.2) is 0 Å². The second-order valence-corrected chi connectivity index (χ2v) is 3.57. The molecule has 4 heteroatoms. The molecule has 0 rings (SSSR count). The molecule has 0 aliphatic rings. The van der Waals surface area contributed by atoms with Crippen molar-refractivity contribution < 1.29 is 19.3 Å². The van der Waals surface area contributed by atoms with E-state index in [4.69, 9.17) is 19.3 Å². The highest BCUT2D eigenvalue weighted by Crippen LogP contribution is 2.15. The van der Waals surface area contributed by atoms with Crippen LogP contribution in [0.2, 0.25) is 0 Å². The van der Waals surface area contributed by atoms with Crippen molar-refractivity contribution in [2.24, 2.45) is 0 Å². The highest BCUT2D eigenvalue weighted by Gasteiger charge is 2.07. The molecule has 0 spiro atoms. The highest BCUT2D eigenvalue weighted by atomic mass is 16.5. The molecule has 0 saturated carbocycles. The average molecular weight is 258 g/mol. The van der Waals surface area contributed by atoms with Gasteiger partial charge in [-0.2, -0.15) is 0 Å². The lowest BCUT2D eigenvalue weighted by Crippen LogP contribution is -2.08. The summed E-state index contributed by atoms with van der Waals surface area (Å²) in [7, 11) is 0. The largest absolute Gasteiger partial charge is 0.488 e. The van der Waals surface area contributed by atoms with Crippen LogP contribution < -0.4 is 0 Å². The van der Waals surface area contributed by atoms with E-state index in [1.54, 1.807) is 0 Å². The molecule has 4 nitrogen and oxygen atoms in total. The molecule has 0 radical (unpaired) electrons. The van der Waals surface area contributed by atoms with Gasteiger partial charge in [0.1, 0.15) is 13.2 Å². The molecule has 0 aromatic carbocycles. The monoisotopic (exact) mass is 258 g/mol. The van der Waals surface area contributed by atoms with Crippen LogP contribution in [0.5, 0.6) is 0 Å². The van der Waals surface area contributed by atoms with Gasteiger partial charge in [-0.15, -0.1) is 0 Å². The maximum Gasteiger partial charge on any atom is 0.156 e. The van der Waals surface area contributed by atoms with Gasteiger partial charge in [0.25, 0.3) is 0 Å². The van der Waals surface area contributed by atoms with Gasteiger partial charge in [0.2, 0.25) is 0 Å². The molecule has 1 N–H and O–H groups in total. The quantitative estimate of drug-likeness (QED) is 0.351. The van der Waals surface area contributed by atoms with E-state index in [9.17, 15) is 0 Å². The molecule has 0 saturated heterocycles. The van der Waals surface area contributed by atoms with Gasteiger partial charge in [0.15, 0.2) is 11.5 Å². The molecule has 0 aromatic heterocycles. The van der Waals surface area contributed by atoms with Gasteiger partial charge in [0, 0.05) is 6.61 Å². The van der Waals surface area contributed by atoms with E-state index in [1.165, 1.54) is 0 Å². The maximum absolute atomic E-state index is 8.81. The first-order chi connectivity index (χ1) is 8.79. The zero-order valence-corrected chi connectivity index (χ0v) is 11.8. The van der Waals surface area contributed by atoms with E-state index in [1.807, 2.05) is 32.9 Å². The third-order valence-electron chi connectivity index (χ3n) is 2.06. The van der Waals surface area contributed by atoms with Crippen LogP contribution in [0.4, 0.5) is 0 Å². The summed E-state index contributed by atoms with van der Waals surface area (Å²) in [6.07, 6.45) is 5.66. The minimum absolute atomic E-state index is 0.000590. The van der Waals surface area contributed by atoms with Crippen molar-refractivity contribution in [2.45, 2.75) is 33.6 Å². The Bertz CT molecular complexity index is 246. The lowest BCUT2D eigenvalue weighted by molar-refractivity contribution is 0.0701. The van der Waals surface area contributed by atoms with Crippen molar-refractivity contribution in [2.75, 3.05) is 33.0 Å². The molecule has 0 amide bonds.